The van der Waals surface area contributed by atoms with E-state index in [1.807, 2.05) is 26.0 Å². The van der Waals surface area contributed by atoms with Gasteiger partial charge in [-0.05, 0) is 37.1 Å². The maximum Gasteiger partial charge on any atom is 0.269 e. The third-order valence-corrected chi connectivity index (χ3v) is 8.83. The minimum absolute atomic E-state index is 0.00514. The number of hydrogen-bond acceptors (Lipinski definition) is 7. The van der Waals surface area contributed by atoms with Gasteiger partial charge in [0.1, 0.15) is 5.54 Å². The summed E-state index contributed by atoms with van der Waals surface area (Å²) in [4.78, 5) is 45.7. The molecule has 6 rings (SSSR count). The average molecular weight is 501 g/mol. The number of nitro benzene ring substituents is 1. The van der Waals surface area contributed by atoms with Crippen molar-refractivity contribution in [2.75, 3.05) is 16.9 Å². The van der Waals surface area contributed by atoms with Crippen LogP contribution in [-0.2, 0) is 10.3 Å². The molecule has 4 heterocycles. The fraction of sp³-hybridized carbons (Fsp3) is 0.296. The first kappa shape index (κ1) is 22.9. The number of carbonyl (C=O) groups excluding carboxylic acids is 2. The Balaban J connectivity index is 1.62. The zero-order valence-electron chi connectivity index (χ0n) is 19.8. The Labute approximate surface area is 212 Å². The van der Waals surface area contributed by atoms with E-state index < -0.39 is 16.4 Å². The van der Waals surface area contributed by atoms with Gasteiger partial charge in [0, 0.05) is 64.9 Å². The molecule has 1 N–H and O–H groups in total. The SMILES string of the molecule is Cc1cc(C)c2c(c1)[C@]1(C(=O)N2)[C@@H](C(=O)c2cccnc2)[C@@H](c2ccc([N+](=O)[O-])cc2)[C@H]2CSCN21. The lowest BCUT2D eigenvalue weighted by Crippen LogP contribution is -2.52. The number of pyridine rings is 1. The van der Waals surface area contributed by atoms with E-state index in [2.05, 4.69) is 15.2 Å². The molecule has 3 aliphatic rings. The minimum Gasteiger partial charge on any atom is -0.324 e. The van der Waals surface area contributed by atoms with Crippen LogP contribution in [0.1, 0.15) is 38.5 Å². The minimum atomic E-state index is -1.18. The number of nitrogens with zero attached hydrogens (tertiary/aromatic N) is 3. The first-order valence-electron chi connectivity index (χ1n) is 11.8. The lowest BCUT2D eigenvalue weighted by Gasteiger charge is -2.36. The van der Waals surface area contributed by atoms with Crippen LogP contribution in [0.5, 0.6) is 0 Å². The number of ketones is 1. The van der Waals surface area contributed by atoms with E-state index in [1.165, 1.54) is 12.1 Å². The molecule has 0 unspecified atom stereocenters. The molecule has 1 aromatic heterocycles. The zero-order chi connectivity index (χ0) is 25.2. The maximum absolute atomic E-state index is 14.4. The Morgan fingerprint density at radius 2 is 2.00 bits per heavy atom. The second kappa shape index (κ2) is 8.25. The highest BCUT2D eigenvalue weighted by atomic mass is 32.2. The summed E-state index contributed by atoms with van der Waals surface area (Å²) >= 11 is 1.74. The quantitative estimate of drug-likeness (QED) is 0.321. The van der Waals surface area contributed by atoms with Crippen molar-refractivity contribution in [2.24, 2.45) is 5.92 Å². The number of Topliss-reactive ketones (excluding diaryl/α,β-unsaturated/α-hetero) is 1. The van der Waals surface area contributed by atoms with Crippen LogP contribution in [0.15, 0.2) is 60.9 Å². The van der Waals surface area contributed by atoms with E-state index in [-0.39, 0.29) is 29.3 Å². The summed E-state index contributed by atoms with van der Waals surface area (Å²) < 4.78 is 0. The molecule has 4 atom stereocenters. The molecule has 9 heteroatoms. The van der Waals surface area contributed by atoms with Crippen LogP contribution in [-0.4, -0.2) is 44.2 Å². The van der Waals surface area contributed by atoms with Crippen molar-refractivity contribution in [1.82, 2.24) is 9.88 Å². The number of carbonyl (C=O) groups is 2. The summed E-state index contributed by atoms with van der Waals surface area (Å²) in [5.74, 6) is -0.0146. The molecular formula is C27H24N4O4S. The van der Waals surface area contributed by atoms with E-state index in [9.17, 15) is 19.7 Å². The Kier molecular flexibility index (Phi) is 5.24. The number of fused-ring (bicyclic) bond motifs is 4. The summed E-state index contributed by atoms with van der Waals surface area (Å²) in [5.41, 5.74) is 3.69. The van der Waals surface area contributed by atoms with Crippen LogP contribution in [0.4, 0.5) is 11.4 Å². The topological polar surface area (TPSA) is 105 Å². The number of rotatable bonds is 4. The predicted molar refractivity (Wildman–Crippen MR) is 137 cm³/mol. The summed E-state index contributed by atoms with van der Waals surface area (Å²) in [7, 11) is 0. The third-order valence-electron chi connectivity index (χ3n) is 7.79. The van der Waals surface area contributed by atoms with E-state index >= 15 is 0 Å². The fourth-order valence-electron chi connectivity index (χ4n) is 6.41. The summed E-state index contributed by atoms with van der Waals surface area (Å²) in [6.07, 6.45) is 3.17. The van der Waals surface area contributed by atoms with Crippen molar-refractivity contribution in [1.29, 1.82) is 0 Å². The number of nitro groups is 1. The molecular weight excluding hydrogens is 476 g/mol. The Morgan fingerprint density at radius 3 is 2.69 bits per heavy atom. The van der Waals surface area contributed by atoms with Gasteiger partial charge in [0.25, 0.3) is 5.69 Å². The lowest BCUT2D eigenvalue weighted by atomic mass is 9.69. The van der Waals surface area contributed by atoms with Crippen LogP contribution in [0.25, 0.3) is 0 Å². The monoisotopic (exact) mass is 500 g/mol. The summed E-state index contributed by atoms with van der Waals surface area (Å²) in [6, 6.07) is 13.9. The number of hydrogen-bond donors (Lipinski definition) is 1. The highest BCUT2D eigenvalue weighted by molar-refractivity contribution is 7.99. The smallest absolute Gasteiger partial charge is 0.269 e. The number of anilines is 1. The molecule has 2 fully saturated rings. The van der Waals surface area contributed by atoms with Gasteiger partial charge in [-0.3, -0.25) is 29.6 Å². The van der Waals surface area contributed by atoms with Gasteiger partial charge in [-0.15, -0.1) is 11.8 Å². The standard InChI is InChI=1S/C27H24N4O4S/c1-15-10-16(2)24-20(11-15)27(26(33)29-24)23(25(32)18-4-3-9-28-12-18)22(21-13-36-14-30(21)27)17-5-7-19(8-6-17)31(34)35/h3-12,21-23H,13-14H2,1-2H3,(H,29,33)/t21-,22+,23-,27-/m1/s1. The summed E-state index contributed by atoms with van der Waals surface area (Å²) in [6.45, 7) is 3.97. The first-order valence-corrected chi connectivity index (χ1v) is 13.0. The highest BCUT2D eigenvalue weighted by Gasteiger charge is 2.69. The molecule has 0 aliphatic carbocycles. The van der Waals surface area contributed by atoms with Crippen LogP contribution in [0, 0.1) is 29.9 Å². The van der Waals surface area contributed by atoms with Gasteiger partial charge >= 0.3 is 0 Å². The van der Waals surface area contributed by atoms with Crippen LogP contribution < -0.4 is 5.32 Å². The molecule has 3 aliphatic heterocycles. The normalized spacial score (nSPS) is 26.6. The van der Waals surface area contributed by atoms with Gasteiger partial charge in [0.2, 0.25) is 5.91 Å². The van der Waals surface area contributed by atoms with E-state index in [0.29, 0.717) is 11.4 Å². The Morgan fingerprint density at radius 1 is 1.22 bits per heavy atom. The molecule has 3 aromatic rings. The molecule has 36 heavy (non-hydrogen) atoms. The Hall–Kier alpha value is -3.56. The number of non-ortho nitro benzene ring substituents is 1. The van der Waals surface area contributed by atoms with E-state index in [1.54, 1.807) is 48.4 Å². The first-order chi connectivity index (χ1) is 17.3. The molecule has 1 amide bonds. The maximum atomic E-state index is 14.4. The van der Waals surface area contributed by atoms with Crippen molar-refractivity contribution in [2.45, 2.75) is 31.3 Å². The van der Waals surface area contributed by atoms with Gasteiger partial charge in [-0.1, -0.05) is 29.8 Å². The number of aromatic nitrogens is 1. The van der Waals surface area contributed by atoms with E-state index in [0.717, 1.165) is 33.7 Å². The lowest BCUT2D eigenvalue weighted by molar-refractivity contribution is -0.384. The van der Waals surface area contributed by atoms with Crippen molar-refractivity contribution in [3.05, 3.63) is 98.9 Å². The van der Waals surface area contributed by atoms with Crippen molar-refractivity contribution < 1.29 is 14.5 Å². The van der Waals surface area contributed by atoms with Crippen molar-refractivity contribution in [3.63, 3.8) is 0 Å². The van der Waals surface area contributed by atoms with Gasteiger partial charge in [-0.25, -0.2) is 0 Å². The number of thioether (sulfide) groups is 1. The molecule has 182 valence electrons. The molecule has 2 aromatic carbocycles. The molecule has 1 spiro atoms. The molecule has 2 saturated heterocycles. The van der Waals surface area contributed by atoms with Crippen LogP contribution in [0.2, 0.25) is 0 Å². The number of nitrogens with one attached hydrogen (secondary N) is 1. The molecule has 8 nitrogen and oxygen atoms in total. The third kappa shape index (κ3) is 3.09. The fourth-order valence-corrected chi connectivity index (χ4v) is 7.74. The Bertz CT molecular complexity index is 1410. The average Bonchev–Trinajstić information content (AvgIpc) is 3.53. The van der Waals surface area contributed by atoms with Crippen LogP contribution in [0.3, 0.4) is 0 Å². The number of amides is 1. The van der Waals surface area contributed by atoms with Crippen molar-refractivity contribution >= 4 is 34.8 Å². The van der Waals surface area contributed by atoms with Gasteiger partial charge < -0.3 is 5.32 Å². The zero-order valence-corrected chi connectivity index (χ0v) is 20.6. The van der Waals surface area contributed by atoms with Crippen LogP contribution >= 0.6 is 11.8 Å². The second-order valence-electron chi connectivity index (χ2n) is 9.72. The predicted octanol–water partition coefficient (Wildman–Crippen LogP) is 4.43. The van der Waals surface area contributed by atoms with Gasteiger partial charge in [0.15, 0.2) is 5.78 Å². The number of benzene rings is 2. The molecule has 0 saturated carbocycles. The molecule has 0 radical (unpaired) electrons. The van der Waals surface area contributed by atoms with Crippen molar-refractivity contribution in [3.8, 4) is 0 Å². The van der Waals surface area contributed by atoms with Gasteiger partial charge in [-0.2, -0.15) is 0 Å². The van der Waals surface area contributed by atoms with E-state index in [4.69, 9.17) is 0 Å². The number of aryl methyl sites for hydroxylation is 2. The second-order valence-corrected chi connectivity index (χ2v) is 10.7. The summed E-state index contributed by atoms with van der Waals surface area (Å²) in [5, 5.41) is 14.4. The van der Waals surface area contributed by atoms with Gasteiger partial charge in [0.05, 0.1) is 10.8 Å². The molecule has 0 bridgehead atoms. The highest BCUT2D eigenvalue weighted by Crippen LogP contribution is 2.61. The largest absolute Gasteiger partial charge is 0.324 e.